The third kappa shape index (κ3) is 4.23. The highest BCUT2D eigenvalue weighted by Crippen LogP contribution is 2.34. The summed E-state index contributed by atoms with van der Waals surface area (Å²) in [5, 5.41) is 11.7. The lowest BCUT2D eigenvalue weighted by Crippen LogP contribution is -2.11. The lowest BCUT2D eigenvalue weighted by atomic mass is 10.1. The highest BCUT2D eigenvalue weighted by Gasteiger charge is 2.21. The molecule has 3 rings (SSSR count). The number of benzene rings is 1. The first-order chi connectivity index (χ1) is 12.5. The maximum absolute atomic E-state index is 13.6. The van der Waals surface area contributed by atoms with Gasteiger partial charge in [0, 0.05) is 28.0 Å². The van der Waals surface area contributed by atoms with Gasteiger partial charge in [-0.1, -0.05) is 23.2 Å². The van der Waals surface area contributed by atoms with Crippen LogP contribution in [0.5, 0.6) is 0 Å². The van der Waals surface area contributed by atoms with Crippen LogP contribution >= 0.6 is 34.5 Å². The Labute approximate surface area is 162 Å². The molecule has 2 heterocycles. The lowest BCUT2D eigenvalue weighted by molar-refractivity contribution is -0.148. The number of carbonyl (C=O) groups is 1. The van der Waals surface area contributed by atoms with Gasteiger partial charge in [-0.3, -0.25) is 4.79 Å². The molecule has 0 saturated carbocycles. The summed E-state index contributed by atoms with van der Waals surface area (Å²) in [4.78, 5) is 12.1. The minimum Gasteiger partial charge on any atom is -0.458 e. The van der Waals surface area contributed by atoms with Crippen LogP contribution in [-0.2, 0) is 16.0 Å². The molecule has 0 fully saturated rings. The zero-order valence-corrected chi connectivity index (χ0v) is 15.9. The largest absolute Gasteiger partial charge is 0.458 e. The molecule has 0 bridgehead atoms. The van der Waals surface area contributed by atoms with E-state index in [1.165, 1.54) is 17.4 Å². The van der Waals surface area contributed by atoms with Gasteiger partial charge in [0.1, 0.15) is 11.9 Å². The third-order valence-corrected chi connectivity index (χ3v) is 4.97. The molecule has 0 aliphatic rings. The van der Waals surface area contributed by atoms with Gasteiger partial charge < -0.3 is 9.15 Å². The molecule has 1 unspecified atom stereocenters. The van der Waals surface area contributed by atoms with Crippen LogP contribution in [0.15, 0.2) is 33.4 Å². The Morgan fingerprint density at radius 2 is 2.15 bits per heavy atom. The lowest BCUT2D eigenvalue weighted by Gasteiger charge is -2.16. The molecule has 5 nitrogen and oxygen atoms in total. The fraction of sp³-hybridized carbons (Fsp3) is 0.235. The summed E-state index contributed by atoms with van der Waals surface area (Å²) in [5.74, 6) is -0.399. The molecule has 2 aromatic heterocycles. The molecule has 26 heavy (non-hydrogen) atoms. The summed E-state index contributed by atoms with van der Waals surface area (Å²) in [6.07, 6.45) is -0.532. The van der Waals surface area contributed by atoms with E-state index in [1.54, 1.807) is 6.92 Å². The standard InChI is InChI=1S/C17H13Cl2FN2O3S/c1-9(15-11(18)2-3-12(20)16(15)19)24-14(23)5-4-13-21-22-17(25-13)10-6-7-26-8-10/h2-3,6-9H,4-5H2,1H3. The number of halogens is 3. The fourth-order valence-electron chi connectivity index (χ4n) is 2.30. The Balaban J connectivity index is 1.59. The van der Waals surface area contributed by atoms with Crippen molar-refractivity contribution in [2.24, 2.45) is 0 Å². The number of hydrogen-bond donors (Lipinski definition) is 0. The van der Waals surface area contributed by atoms with E-state index in [0.717, 1.165) is 11.6 Å². The molecule has 0 spiro atoms. The molecule has 0 amide bonds. The molecular weight excluding hydrogens is 402 g/mol. The van der Waals surface area contributed by atoms with Gasteiger partial charge in [-0.05, 0) is 30.5 Å². The minimum atomic E-state index is -0.790. The van der Waals surface area contributed by atoms with Gasteiger partial charge in [-0.15, -0.1) is 10.2 Å². The summed E-state index contributed by atoms with van der Waals surface area (Å²) in [6, 6.07) is 4.39. The Hall–Kier alpha value is -1.96. The van der Waals surface area contributed by atoms with Gasteiger partial charge in [0.25, 0.3) is 0 Å². The van der Waals surface area contributed by atoms with Crippen LogP contribution in [0.4, 0.5) is 4.39 Å². The highest BCUT2D eigenvalue weighted by atomic mass is 35.5. The zero-order chi connectivity index (χ0) is 18.7. The number of aromatic nitrogens is 2. The Morgan fingerprint density at radius 3 is 2.88 bits per heavy atom. The number of hydrogen-bond acceptors (Lipinski definition) is 6. The second-order valence-electron chi connectivity index (χ2n) is 5.40. The van der Waals surface area contributed by atoms with Crippen molar-refractivity contribution in [2.45, 2.75) is 25.9 Å². The van der Waals surface area contributed by atoms with Crippen LogP contribution in [-0.4, -0.2) is 16.2 Å². The Morgan fingerprint density at radius 1 is 1.35 bits per heavy atom. The number of nitrogens with zero attached hydrogens (tertiary/aromatic N) is 2. The third-order valence-electron chi connectivity index (χ3n) is 3.57. The zero-order valence-electron chi connectivity index (χ0n) is 13.5. The first-order valence-corrected chi connectivity index (χ1v) is 9.33. The highest BCUT2D eigenvalue weighted by molar-refractivity contribution is 7.08. The van der Waals surface area contributed by atoms with E-state index in [0.29, 0.717) is 11.8 Å². The van der Waals surface area contributed by atoms with Crippen LogP contribution in [0, 0.1) is 5.82 Å². The van der Waals surface area contributed by atoms with Crippen molar-refractivity contribution in [3.63, 3.8) is 0 Å². The predicted octanol–water partition coefficient (Wildman–Crippen LogP) is 5.48. The SMILES string of the molecule is CC(OC(=O)CCc1nnc(-c2ccsc2)o1)c1c(Cl)ccc(F)c1Cl. The molecular formula is C17H13Cl2FN2O3S. The molecule has 3 aromatic rings. The van der Waals surface area contributed by atoms with Crippen molar-refractivity contribution in [3.8, 4) is 11.5 Å². The molecule has 0 aliphatic heterocycles. The van der Waals surface area contributed by atoms with E-state index in [1.807, 2.05) is 16.8 Å². The number of esters is 1. The summed E-state index contributed by atoms with van der Waals surface area (Å²) in [6.45, 7) is 1.58. The summed E-state index contributed by atoms with van der Waals surface area (Å²) >= 11 is 13.5. The van der Waals surface area contributed by atoms with Gasteiger partial charge >= 0.3 is 5.97 Å². The van der Waals surface area contributed by atoms with Crippen LogP contribution in [0.25, 0.3) is 11.5 Å². The van der Waals surface area contributed by atoms with E-state index in [9.17, 15) is 9.18 Å². The van der Waals surface area contributed by atoms with E-state index in [4.69, 9.17) is 32.4 Å². The van der Waals surface area contributed by atoms with Gasteiger partial charge in [-0.25, -0.2) is 4.39 Å². The van der Waals surface area contributed by atoms with Gasteiger partial charge in [-0.2, -0.15) is 11.3 Å². The topological polar surface area (TPSA) is 65.2 Å². The van der Waals surface area contributed by atoms with Crippen LogP contribution in [0.1, 0.15) is 30.9 Å². The van der Waals surface area contributed by atoms with Crippen molar-refractivity contribution < 1.29 is 18.3 Å². The first-order valence-electron chi connectivity index (χ1n) is 7.63. The molecule has 0 saturated heterocycles. The molecule has 0 aliphatic carbocycles. The number of thiophene rings is 1. The number of aryl methyl sites for hydroxylation is 1. The minimum absolute atomic E-state index is 0.0279. The summed E-state index contributed by atoms with van der Waals surface area (Å²) in [5.41, 5.74) is 1.07. The van der Waals surface area contributed by atoms with Crippen molar-refractivity contribution in [1.29, 1.82) is 0 Å². The number of ether oxygens (including phenoxy) is 1. The second kappa shape index (κ2) is 8.16. The average molecular weight is 415 g/mol. The van der Waals surface area contributed by atoms with Crippen molar-refractivity contribution in [1.82, 2.24) is 10.2 Å². The summed E-state index contributed by atoms with van der Waals surface area (Å²) < 4.78 is 24.4. The molecule has 1 aromatic carbocycles. The van der Waals surface area contributed by atoms with E-state index >= 15 is 0 Å². The van der Waals surface area contributed by atoms with Crippen LogP contribution < -0.4 is 0 Å². The number of carbonyl (C=O) groups excluding carboxylic acids is 1. The van der Waals surface area contributed by atoms with Crippen molar-refractivity contribution in [2.75, 3.05) is 0 Å². The smallest absolute Gasteiger partial charge is 0.306 e. The van der Waals surface area contributed by atoms with Crippen molar-refractivity contribution in [3.05, 3.63) is 56.3 Å². The quantitative estimate of drug-likeness (QED) is 0.394. The fourth-order valence-corrected chi connectivity index (χ4v) is 3.60. The molecule has 136 valence electrons. The molecule has 1 atom stereocenters. The average Bonchev–Trinajstić information content (AvgIpc) is 3.27. The van der Waals surface area contributed by atoms with Crippen LogP contribution in [0.2, 0.25) is 10.0 Å². The predicted molar refractivity (Wildman–Crippen MR) is 96.9 cm³/mol. The second-order valence-corrected chi connectivity index (χ2v) is 6.97. The molecule has 9 heteroatoms. The summed E-state index contributed by atoms with van der Waals surface area (Å²) in [7, 11) is 0. The molecule has 0 N–H and O–H groups in total. The molecule has 0 radical (unpaired) electrons. The van der Waals surface area contributed by atoms with Crippen LogP contribution in [0.3, 0.4) is 0 Å². The first kappa shape index (κ1) is 18.8. The van der Waals surface area contributed by atoms with Gasteiger partial charge in [0.05, 0.1) is 11.4 Å². The normalized spacial score (nSPS) is 12.2. The monoisotopic (exact) mass is 414 g/mol. The van der Waals surface area contributed by atoms with E-state index in [2.05, 4.69) is 10.2 Å². The van der Waals surface area contributed by atoms with Crippen molar-refractivity contribution >= 4 is 40.5 Å². The maximum atomic E-state index is 13.6. The Bertz CT molecular complexity index is 915. The maximum Gasteiger partial charge on any atom is 0.306 e. The van der Waals surface area contributed by atoms with E-state index < -0.39 is 17.9 Å². The Kier molecular flexibility index (Phi) is 5.90. The van der Waals surface area contributed by atoms with Gasteiger partial charge in [0.15, 0.2) is 0 Å². The van der Waals surface area contributed by atoms with Gasteiger partial charge in [0.2, 0.25) is 11.8 Å². The van der Waals surface area contributed by atoms with E-state index in [-0.39, 0.29) is 28.5 Å². The number of rotatable bonds is 6.